The van der Waals surface area contributed by atoms with E-state index in [0.29, 0.717) is 19.5 Å². The molecule has 106 valence electrons. The second-order valence-corrected chi connectivity index (χ2v) is 5.23. The van der Waals surface area contributed by atoms with E-state index >= 15 is 0 Å². The molecule has 3 rings (SSSR count). The van der Waals surface area contributed by atoms with Crippen molar-refractivity contribution in [3.05, 3.63) is 24.3 Å². The summed E-state index contributed by atoms with van der Waals surface area (Å²) >= 11 is 0. The van der Waals surface area contributed by atoms with Crippen molar-refractivity contribution in [2.24, 2.45) is 0 Å². The highest BCUT2D eigenvalue weighted by atomic mass is 16.2. The topological polar surface area (TPSA) is 73.5 Å². The Balaban J connectivity index is 1.63. The van der Waals surface area contributed by atoms with Crippen molar-refractivity contribution in [1.82, 2.24) is 10.2 Å². The highest BCUT2D eigenvalue weighted by Gasteiger charge is 2.33. The fraction of sp³-hybridized carbons (Fsp3) is 0.429. The van der Waals surface area contributed by atoms with Gasteiger partial charge < -0.3 is 20.9 Å². The number of nitrogens with one attached hydrogen (secondary N) is 3. The van der Waals surface area contributed by atoms with Crippen molar-refractivity contribution in [2.45, 2.75) is 18.5 Å². The number of para-hydroxylation sites is 2. The molecular weight excluding hydrogens is 256 g/mol. The molecule has 0 saturated carbocycles. The lowest BCUT2D eigenvalue weighted by molar-refractivity contribution is -0.132. The van der Waals surface area contributed by atoms with E-state index in [1.54, 1.807) is 11.9 Å². The summed E-state index contributed by atoms with van der Waals surface area (Å²) in [5, 5.41) is 9.24. The van der Waals surface area contributed by atoms with Gasteiger partial charge in [0.2, 0.25) is 11.8 Å². The maximum Gasteiger partial charge on any atom is 0.244 e. The molecule has 0 aromatic heterocycles. The van der Waals surface area contributed by atoms with E-state index in [0.717, 1.165) is 11.4 Å². The largest absolute Gasteiger partial charge is 0.381 e. The molecule has 0 spiro atoms. The Kier molecular flexibility index (Phi) is 3.22. The van der Waals surface area contributed by atoms with E-state index in [1.807, 2.05) is 24.3 Å². The molecule has 1 aromatic carbocycles. The number of amides is 2. The molecule has 2 unspecified atom stereocenters. The van der Waals surface area contributed by atoms with Gasteiger partial charge >= 0.3 is 0 Å². The molecule has 1 aromatic rings. The summed E-state index contributed by atoms with van der Waals surface area (Å²) < 4.78 is 0. The number of rotatable bonds is 2. The number of fused-ring (bicyclic) bond motifs is 1. The zero-order valence-electron chi connectivity index (χ0n) is 11.3. The summed E-state index contributed by atoms with van der Waals surface area (Å²) in [4.78, 5) is 25.7. The Hall–Kier alpha value is -2.24. The van der Waals surface area contributed by atoms with E-state index in [2.05, 4.69) is 16.0 Å². The fourth-order valence-corrected chi connectivity index (χ4v) is 2.60. The Bertz CT molecular complexity index is 546. The molecule has 6 heteroatoms. The molecule has 0 bridgehead atoms. The second-order valence-electron chi connectivity index (χ2n) is 5.23. The minimum Gasteiger partial charge on any atom is -0.381 e. The number of hydrogen-bond donors (Lipinski definition) is 3. The molecule has 1 saturated heterocycles. The van der Waals surface area contributed by atoms with Crippen LogP contribution >= 0.6 is 0 Å². The van der Waals surface area contributed by atoms with Gasteiger partial charge in [0.25, 0.3) is 0 Å². The van der Waals surface area contributed by atoms with Crippen LogP contribution in [0.1, 0.15) is 6.42 Å². The molecular formula is C14H18N4O2. The quantitative estimate of drug-likeness (QED) is 0.722. The third-order valence-electron chi connectivity index (χ3n) is 3.81. The standard InChI is InChI=1S/C14H18N4O2/c1-18-7-6-11(14(18)20)17-13(19)12-8-15-9-4-2-3-5-10(9)16-12/h2-5,11-12,15-16H,6-8H2,1H3,(H,17,19). The van der Waals surface area contributed by atoms with E-state index < -0.39 is 0 Å². The number of carbonyl (C=O) groups excluding carboxylic acids is 2. The SMILES string of the molecule is CN1CCC(NC(=O)C2CNc3ccccc3N2)C1=O. The maximum atomic E-state index is 12.2. The Morgan fingerprint density at radius 2 is 2.10 bits per heavy atom. The number of likely N-dealkylation sites (tertiary alicyclic amines) is 1. The van der Waals surface area contributed by atoms with Crippen LogP contribution in [0.5, 0.6) is 0 Å². The van der Waals surface area contributed by atoms with Gasteiger partial charge in [0, 0.05) is 20.1 Å². The van der Waals surface area contributed by atoms with E-state index in [-0.39, 0.29) is 23.9 Å². The predicted octanol–water partition coefficient (Wildman–Crippen LogP) is 0.239. The molecule has 2 atom stereocenters. The van der Waals surface area contributed by atoms with E-state index in [4.69, 9.17) is 0 Å². The summed E-state index contributed by atoms with van der Waals surface area (Å²) in [7, 11) is 1.76. The van der Waals surface area contributed by atoms with Gasteiger partial charge in [-0.3, -0.25) is 9.59 Å². The minimum absolute atomic E-state index is 0.0116. The third-order valence-corrected chi connectivity index (χ3v) is 3.81. The third kappa shape index (κ3) is 2.29. The van der Waals surface area contributed by atoms with Crippen LogP contribution in [-0.4, -0.2) is 48.9 Å². The van der Waals surface area contributed by atoms with Crippen molar-refractivity contribution in [2.75, 3.05) is 30.8 Å². The minimum atomic E-state index is -0.383. The number of hydrogen-bond acceptors (Lipinski definition) is 4. The zero-order valence-corrected chi connectivity index (χ0v) is 11.3. The number of nitrogens with zero attached hydrogens (tertiary/aromatic N) is 1. The lowest BCUT2D eigenvalue weighted by Crippen LogP contribution is -2.51. The maximum absolute atomic E-state index is 12.2. The summed E-state index contributed by atoms with van der Waals surface area (Å²) in [6.45, 7) is 1.21. The van der Waals surface area contributed by atoms with Gasteiger partial charge in [0.1, 0.15) is 12.1 Å². The van der Waals surface area contributed by atoms with Gasteiger partial charge in [-0.15, -0.1) is 0 Å². The van der Waals surface area contributed by atoms with Crippen LogP contribution in [-0.2, 0) is 9.59 Å². The van der Waals surface area contributed by atoms with Crippen molar-refractivity contribution >= 4 is 23.2 Å². The van der Waals surface area contributed by atoms with Gasteiger partial charge in [-0.1, -0.05) is 12.1 Å². The first-order valence-corrected chi connectivity index (χ1v) is 6.80. The average Bonchev–Trinajstić information content (AvgIpc) is 2.78. The molecule has 2 aliphatic rings. The van der Waals surface area contributed by atoms with Crippen LogP contribution in [0, 0.1) is 0 Å². The van der Waals surface area contributed by atoms with Crippen LogP contribution in [0.25, 0.3) is 0 Å². The van der Waals surface area contributed by atoms with E-state index in [9.17, 15) is 9.59 Å². The number of anilines is 2. The lowest BCUT2D eigenvalue weighted by atomic mass is 10.1. The summed E-state index contributed by atoms with van der Waals surface area (Å²) in [6.07, 6.45) is 0.678. The molecule has 1 fully saturated rings. The van der Waals surface area contributed by atoms with Crippen LogP contribution in [0.3, 0.4) is 0 Å². The first-order chi connectivity index (χ1) is 9.65. The molecule has 20 heavy (non-hydrogen) atoms. The van der Waals surface area contributed by atoms with Gasteiger partial charge in [-0.2, -0.15) is 0 Å². The molecule has 3 N–H and O–H groups in total. The van der Waals surface area contributed by atoms with Gasteiger partial charge in [-0.25, -0.2) is 0 Å². The van der Waals surface area contributed by atoms with Crippen molar-refractivity contribution in [3.8, 4) is 0 Å². The molecule has 2 aliphatic heterocycles. The Morgan fingerprint density at radius 1 is 1.35 bits per heavy atom. The van der Waals surface area contributed by atoms with Crippen LogP contribution in [0.15, 0.2) is 24.3 Å². The lowest BCUT2D eigenvalue weighted by Gasteiger charge is -2.28. The highest BCUT2D eigenvalue weighted by Crippen LogP contribution is 2.25. The number of likely N-dealkylation sites (N-methyl/N-ethyl adjacent to an activating group) is 1. The van der Waals surface area contributed by atoms with Crippen molar-refractivity contribution in [3.63, 3.8) is 0 Å². The first kappa shape index (κ1) is 12.8. The summed E-state index contributed by atoms with van der Waals surface area (Å²) in [5.74, 6) is -0.150. The molecule has 6 nitrogen and oxygen atoms in total. The van der Waals surface area contributed by atoms with Gasteiger partial charge in [-0.05, 0) is 18.6 Å². The molecule has 2 heterocycles. The first-order valence-electron chi connectivity index (χ1n) is 6.80. The van der Waals surface area contributed by atoms with Crippen molar-refractivity contribution < 1.29 is 9.59 Å². The highest BCUT2D eigenvalue weighted by molar-refractivity contribution is 5.93. The van der Waals surface area contributed by atoms with Gasteiger partial charge in [0.05, 0.1) is 11.4 Å². The predicted molar refractivity (Wildman–Crippen MR) is 76.5 cm³/mol. The Morgan fingerprint density at radius 3 is 2.80 bits per heavy atom. The summed E-state index contributed by atoms with van der Waals surface area (Å²) in [6, 6.07) is 7.02. The molecule has 2 amide bonds. The van der Waals surface area contributed by atoms with Crippen LogP contribution in [0.4, 0.5) is 11.4 Å². The number of benzene rings is 1. The average molecular weight is 274 g/mol. The van der Waals surface area contributed by atoms with Gasteiger partial charge in [0.15, 0.2) is 0 Å². The van der Waals surface area contributed by atoms with Crippen molar-refractivity contribution in [1.29, 1.82) is 0 Å². The molecule has 0 aliphatic carbocycles. The second kappa shape index (κ2) is 5.03. The normalized spacial score (nSPS) is 24.6. The summed E-state index contributed by atoms with van der Waals surface area (Å²) in [5.41, 5.74) is 1.90. The monoisotopic (exact) mass is 274 g/mol. The molecule has 0 radical (unpaired) electrons. The van der Waals surface area contributed by atoms with Crippen LogP contribution < -0.4 is 16.0 Å². The fourth-order valence-electron chi connectivity index (χ4n) is 2.60. The smallest absolute Gasteiger partial charge is 0.244 e. The number of carbonyl (C=O) groups is 2. The van der Waals surface area contributed by atoms with E-state index in [1.165, 1.54) is 0 Å². The Labute approximate surface area is 117 Å². The zero-order chi connectivity index (χ0) is 14.1. The van der Waals surface area contributed by atoms with Crippen LogP contribution in [0.2, 0.25) is 0 Å².